The highest BCUT2D eigenvalue weighted by Gasteiger charge is 2.27. The van der Waals surface area contributed by atoms with Crippen LogP contribution in [0.2, 0.25) is 25.7 Å². The summed E-state index contributed by atoms with van der Waals surface area (Å²) in [7, 11) is -1.38. The summed E-state index contributed by atoms with van der Waals surface area (Å²) in [6, 6.07) is 7.92. The third-order valence-corrected chi connectivity index (χ3v) is 4.75. The van der Waals surface area contributed by atoms with Crippen LogP contribution in [0.3, 0.4) is 0 Å². The van der Waals surface area contributed by atoms with Crippen molar-refractivity contribution in [2.75, 3.05) is 6.54 Å². The summed E-state index contributed by atoms with van der Waals surface area (Å²) in [6.45, 7) is 8.84. The van der Waals surface area contributed by atoms with Crippen molar-refractivity contribution in [3.8, 4) is 0 Å². The molecule has 0 spiro atoms. The van der Waals surface area contributed by atoms with Gasteiger partial charge in [0, 0.05) is 21.0 Å². The maximum absolute atomic E-state index is 12.6. The van der Waals surface area contributed by atoms with Gasteiger partial charge in [-0.15, -0.1) is 0 Å². The van der Waals surface area contributed by atoms with Crippen molar-refractivity contribution in [2.24, 2.45) is 0 Å². The lowest BCUT2D eigenvalue weighted by atomic mass is 10.3. The molecule has 0 aliphatic heterocycles. The summed E-state index contributed by atoms with van der Waals surface area (Å²) in [5, 5.41) is 0. The quantitative estimate of drug-likeness (QED) is 0.756. The summed E-state index contributed by atoms with van der Waals surface area (Å²) in [5.74, 6) is -0.768. The zero-order chi connectivity index (χ0) is 17.0. The molecule has 2 aromatic rings. The van der Waals surface area contributed by atoms with E-state index < -0.39 is 14.0 Å². The largest absolute Gasteiger partial charge is 0.432 e. The SMILES string of the molecule is CCCN(C(=O)[CH]C[Si](C)(C)C)C(=O)c1nc2ccccc2o1. The van der Waals surface area contributed by atoms with E-state index in [0.717, 1.165) is 6.04 Å². The molecule has 1 heterocycles. The number of nitrogens with zero attached hydrogens (tertiary/aromatic N) is 2. The lowest BCUT2D eigenvalue weighted by Crippen LogP contribution is -2.39. The van der Waals surface area contributed by atoms with Crippen LogP contribution in [0, 0.1) is 6.42 Å². The van der Waals surface area contributed by atoms with Crippen LogP contribution in [-0.4, -0.2) is 36.3 Å². The zero-order valence-corrected chi connectivity index (χ0v) is 15.1. The second kappa shape index (κ2) is 7.08. The van der Waals surface area contributed by atoms with E-state index in [2.05, 4.69) is 24.6 Å². The number of carbonyl (C=O) groups is 2. The summed E-state index contributed by atoms with van der Waals surface area (Å²) >= 11 is 0. The number of imide groups is 1. The Morgan fingerprint density at radius 2 is 1.96 bits per heavy atom. The van der Waals surface area contributed by atoms with Crippen LogP contribution in [0.1, 0.15) is 24.0 Å². The van der Waals surface area contributed by atoms with E-state index in [1.54, 1.807) is 18.6 Å². The Balaban J connectivity index is 2.18. The van der Waals surface area contributed by atoms with Gasteiger partial charge in [0.25, 0.3) is 5.89 Å². The molecule has 1 aromatic heterocycles. The van der Waals surface area contributed by atoms with Gasteiger partial charge in [0.1, 0.15) is 5.52 Å². The van der Waals surface area contributed by atoms with Crippen molar-refractivity contribution in [1.29, 1.82) is 0 Å². The molecule has 2 rings (SSSR count). The topological polar surface area (TPSA) is 63.4 Å². The number of carbonyl (C=O) groups excluding carboxylic acids is 2. The predicted molar refractivity (Wildman–Crippen MR) is 92.8 cm³/mol. The van der Waals surface area contributed by atoms with Crippen LogP contribution >= 0.6 is 0 Å². The lowest BCUT2D eigenvalue weighted by molar-refractivity contribution is -0.125. The molecule has 1 radical (unpaired) electrons. The first-order valence-corrected chi connectivity index (χ1v) is 11.6. The van der Waals surface area contributed by atoms with Crippen molar-refractivity contribution < 1.29 is 14.0 Å². The number of aromatic nitrogens is 1. The minimum absolute atomic E-state index is 0.0330. The third-order valence-electron chi connectivity index (χ3n) is 3.32. The molecule has 6 heteroatoms. The molecule has 23 heavy (non-hydrogen) atoms. The van der Waals surface area contributed by atoms with Gasteiger partial charge in [-0.25, -0.2) is 4.98 Å². The molecule has 0 aliphatic rings. The minimum atomic E-state index is -1.38. The maximum Gasteiger partial charge on any atom is 0.316 e. The number of fused-ring (bicyclic) bond motifs is 1. The number of rotatable bonds is 6. The van der Waals surface area contributed by atoms with E-state index in [-0.39, 0.29) is 11.8 Å². The van der Waals surface area contributed by atoms with Gasteiger partial charge in [0.05, 0.1) is 0 Å². The Labute approximate surface area is 137 Å². The molecule has 2 amide bonds. The molecule has 0 aliphatic carbocycles. The van der Waals surface area contributed by atoms with Gasteiger partial charge in [-0.2, -0.15) is 0 Å². The lowest BCUT2D eigenvalue weighted by Gasteiger charge is -2.21. The highest BCUT2D eigenvalue weighted by molar-refractivity contribution is 6.76. The average Bonchev–Trinajstić information content (AvgIpc) is 2.93. The number of benzene rings is 1. The van der Waals surface area contributed by atoms with Crippen molar-refractivity contribution in [3.05, 3.63) is 36.6 Å². The first-order valence-electron chi connectivity index (χ1n) is 7.86. The molecule has 123 valence electrons. The Morgan fingerprint density at radius 3 is 2.57 bits per heavy atom. The minimum Gasteiger partial charge on any atom is -0.432 e. The molecule has 0 bridgehead atoms. The molecule has 0 N–H and O–H groups in total. The van der Waals surface area contributed by atoms with Gasteiger partial charge in [-0.1, -0.05) is 38.7 Å². The maximum atomic E-state index is 12.6. The molecule has 1 aromatic carbocycles. The fraction of sp³-hybridized carbons (Fsp3) is 0.412. The Kier molecular flexibility index (Phi) is 5.36. The van der Waals surface area contributed by atoms with E-state index in [9.17, 15) is 9.59 Å². The van der Waals surface area contributed by atoms with Crippen molar-refractivity contribution in [2.45, 2.75) is 39.0 Å². The Bertz CT molecular complexity index is 670. The molecular weight excluding hydrogens is 308 g/mol. The molecule has 0 fully saturated rings. The predicted octanol–water partition coefficient (Wildman–Crippen LogP) is 3.75. The average molecular weight is 331 g/mol. The highest BCUT2D eigenvalue weighted by atomic mass is 28.3. The molecule has 0 unspecified atom stereocenters. The number of para-hydroxylation sites is 2. The first kappa shape index (κ1) is 17.4. The Hall–Kier alpha value is -1.95. The van der Waals surface area contributed by atoms with Crippen LogP contribution < -0.4 is 0 Å². The molecular formula is C17H23N2O3Si. The number of oxazole rings is 1. The molecule has 5 nitrogen and oxygen atoms in total. The van der Waals surface area contributed by atoms with Crippen molar-refractivity contribution in [1.82, 2.24) is 9.88 Å². The van der Waals surface area contributed by atoms with Crippen LogP contribution in [0.4, 0.5) is 0 Å². The Morgan fingerprint density at radius 1 is 1.26 bits per heavy atom. The van der Waals surface area contributed by atoms with E-state index in [1.807, 2.05) is 19.1 Å². The zero-order valence-electron chi connectivity index (χ0n) is 14.1. The number of hydrogen-bond donors (Lipinski definition) is 0. The van der Waals surface area contributed by atoms with Gasteiger partial charge >= 0.3 is 5.91 Å². The third kappa shape index (κ3) is 4.51. The van der Waals surface area contributed by atoms with Gasteiger partial charge < -0.3 is 4.42 Å². The van der Waals surface area contributed by atoms with Crippen LogP contribution in [0.5, 0.6) is 0 Å². The van der Waals surface area contributed by atoms with Gasteiger partial charge in [0.2, 0.25) is 5.91 Å². The van der Waals surface area contributed by atoms with Crippen molar-refractivity contribution in [3.63, 3.8) is 0 Å². The van der Waals surface area contributed by atoms with Gasteiger partial charge in [0.15, 0.2) is 5.58 Å². The summed E-state index contributed by atoms with van der Waals surface area (Å²) < 4.78 is 5.49. The molecule has 0 saturated carbocycles. The summed E-state index contributed by atoms with van der Waals surface area (Å²) in [4.78, 5) is 30.4. The van der Waals surface area contributed by atoms with E-state index in [1.165, 1.54) is 4.90 Å². The standard InChI is InChI=1S/C17H23N2O3Si/c1-5-11-19(15(20)10-12-23(2,3)4)17(21)16-18-13-8-6-7-9-14(13)22-16/h6-10H,5,11-12H2,1-4H3. The van der Waals surface area contributed by atoms with Crippen molar-refractivity contribution >= 4 is 31.0 Å². The fourth-order valence-electron chi connectivity index (χ4n) is 2.12. The summed E-state index contributed by atoms with van der Waals surface area (Å²) in [6.07, 6.45) is 2.32. The first-order chi connectivity index (χ1) is 10.8. The van der Waals surface area contributed by atoms with E-state index >= 15 is 0 Å². The van der Waals surface area contributed by atoms with E-state index in [4.69, 9.17) is 4.42 Å². The second-order valence-electron chi connectivity index (χ2n) is 6.75. The van der Waals surface area contributed by atoms with Crippen LogP contribution in [-0.2, 0) is 4.79 Å². The molecule has 0 atom stereocenters. The normalized spacial score (nSPS) is 11.7. The number of hydrogen-bond acceptors (Lipinski definition) is 4. The monoisotopic (exact) mass is 331 g/mol. The van der Waals surface area contributed by atoms with Gasteiger partial charge in [-0.05, 0) is 24.6 Å². The van der Waals surface area contributed by atoms with Gasteiger partial charge in [-0.3, -0.25) is 14.5 Å². The van der Waals surface area contributed by atoms with E-state index in [0.29, 0.717) is 24.1 Å². The fourth-order valence-corrected chi connectivity index (χ4v) is 2.91. The number of amides is 2. The molecule has 0 saturated heterocycles. The second-order valence-corrected chi connectivity index (χ2v) is 12.3. The summed E-state index contributed by atoms with van der Waals surface area (Å²) in [5.41, 5.74) is 1.16. The van der Waals surface area contributed by atoms with Crippen LogP contribution in [0.15, 0.2) is 28.7 Å². The smallest absolute Gasteiger partial charge is 0.316 e. The highest BCUT2D eigenvalue weighted by Crippen LogP contribution is 2.18. The van der Waals surface area contributed by atoms with Crippen LogP contribution in [0.25, 0.3) is 11.1 Å².